The van der Waals surface area contributed by atoms with Crippen LogP contribution >= 0.6 is 27.5 Å². The van der Waals surface area contributed by atoms with Gasteiger partial charge in [-0.05, 0) is 42.0 Å². The summed E-state index contributed by atoms with van der Waals surface area (Å²) < 4.78 is 32.3. The van der Waals surface area contributed by atoms with E-state index in [1.807, 2.05) is 24.3 Å². The molecule has 1 saturated carbocycles. The maximum Gasteiger partial charge on any atom is 0.183 e. The van der Waals surface area contributed by atoms with Gasteiger partial charge in [-0.1, -0.05) is 39.7 Å². The molecule has 4 nitrogen and oxygen atoms in total. The molecule has 128 valence electrons. The second-order valence-corrected chi connectivity index (χ2v) is 9.42. The molecule has 1 fully saturated rings. The number of sulfone groups is 1. The summed E-state index contributed by atoms with van der Waals surface area (Å²) in [5.74, 6) is -0.314. The maximum absolute atomic E-state index is 13.1. The molecule has 2 aromatic rings. The molecule has 0 bridgehead atoms. The lowest BCUT2D eigenvalue weighted by Gasteiger charge is -2.11. The lowest BCUT2D eigenvalue weighted by molar-refractivity contribution is 0.171. The molecular weight excluding hydrogens is 414 g/mol. The zero-order valence-electron chi connectivity index (χ0n) is 12.9. The Bertz CT molecular complexity index is 839. The van der Waals surface area contributed by atoms with Gasteiger partial charge in [0.25, 0.3) is 0 Å². The SMILES string of the molecule is COC[C@]1(N)[C@H](c2ccc(Br)cc2)[C@H]1S(=O)(=O)c1ccc(Cl)cc1. The second kappa shape index (κ2) is 6.42. The molecule has 0 amide bonds. The standard InChI is InChI=1S/C17H17BrClNO3S/c1-23-10-17(20)15(11-2-4-12(18)5-3-11)16(17)24(21,22)14-8-6-13(19)7-9-14/h2-9,15-16H,10,20H2,1H3/t15-,16-,17+/m1/s1. The van der Waals surface area contributed by atoms with E-state index in [0.717, 1.165) is 10.0 Å². The zero-order valence-corrected chi connectivity index (χ0v) is 16.1. The minimum Gasteiger partial charge on any atom is -0.383 e. The quantitative estimate of drug-likeness (QED) is 0.789. The van der Waals surface area contributed by atoms with Crippen molar-refractivity contribution in [2.75, 3.05) is 13.7 Å². The highest BCUT2D eigenvalue weighted by Crippen LogP contribution is 2.55. The van der Waals surface area contributed by atoms with Gasteiger partial charge >= 0.3 is 0 Å². The van der Waals surface area contributed by atoms with Crippen LogP contribution in [-0.2, 0) is 14.6 Å². The number of rotatable bonds is 5. The molecule has 3 atom stereocenters. The number of hydrogen-bond acceptors (Lipinski definition) is 4. The molecule has 2 aromatic carbocycles. The Balaban J connectivity index is 2.01. The van der Waals surface area contributed by atoms with E-state index in [-0.39, 0.29) is 17.4 Å². The molecule has 3 rings (SSSR count). The van der Waals surface area contributed by atoms with Crippen molar-refractivity contribution in [3.8, 4) is 0 Å². The average Bonchev–Trinajstić information content (AvgIpc) is 3.15. The van der Waals surface area contributed by atoms with Crippen LogP contribution in [0.2, 0.25) is 5.02 Å². The van der Waals surface area contributed by atoms with Crippen molar-refractivity contribution in [3.05, 3.63) is 63.6 Å². The van der Waals surface area contributed by atoms with Crippen molar-refractivity contribution in [1.29, 1.82) is 0 Å². The molecule has 0 spiro atoms. The predicted octanol–water partition coefficient (Wildman–Crippen LogP) is 3.39. The van der Waals surface area contributed by atoms with Crippen LogP contribution in [0.4, 0.5) is 0 Å². The largest absolute Gasteiger partial charge is 0.383 e. The fraction of sp³-hybridized carbons (Fsp3) is 0.294. The summed E-state index contributed by atoms with van der Waals surface area (Å²) in [5.41, 5.74) is 6.37. The minimum absolute atomic E-state index is 0.172. The molecule has 0 heterocycles. The molecule has 1 aliphatic carbocycles. The van der Waals surface area contributed by atoms with Gasteiger partial charge in [0.05, 0.1) is 22.3 Å². The third-order valence-electron chi connectivity index (χ3n) is 4.40. The normalized spacial score (nSPS) is 26.3. The van der Waals surface area contributed by atoms with Crippen LogP contribution in [0.3, 0.4) is 0 Å². The smallest absolute Gasteiger partial charge is 0.183 e. The number of nitrogens with two attached hydrogens (primary N) is 1. The van der Waals surface area contributed by atoms with Crippen molar-refractivity contribution in [2.24, 2.45) is 5.73 Å². The Kier molecular flexibility index (Phi) is 4.79. The van der Waals surface area contributed by atoms with E-state index in [1.165, 1.54) is 19.2 Å². The lowest BCUT2D eigenvalue weighted by Crippen LogP contribution is -2.35. The molecule has 0 aromatic heterocycles. The van der Waals surface area contributed by atoms with Gasteiger partial charge in [0.2, 0.25) is 0 Å². The molecule has 1 aliphatic rings. The van der Waals surface area contributed by atoms with Crippen molar-refractivity contribution < 1.29 is 13.2 Å². The van der Waals surface area contributed by atoms with Gasteiger partial charge in [-0.2, -0.15) is 0 Å². The van der Waals surface area contributed by atoms with Crippen LogP contribution in [0.15, 0.2) is 57.9 Å². The van der Waals surface area contributed by atoms with E-state index in [2.05, 4.69) is 15.9 Å². The highest BCUT2D eigenvalue weighted by molar-refractivity contribution is 9.10. The highest BCUT2D eigenvalue weighted by Gasteiger charge is 2.69. The number of halogens is 2. The Labute approximate surface area is 155 Å². The molecule has 0 aliphatic heterocycles. The van der Waals surface area contributed by atoms with Crippen LogP contribution < -0.4 is 5.73 Å². The topological polar surface area (TPSA) is 69.4 Å². The van der Waals surface area contributed by atoms with E-state index in [1.54, 1.807) is 12.1 Å². The van der Waals surface area contributed by atoms with Gasteiger partial charge in [0.15, 0.2) is 9.84 Å². The molecule has 0 saturated heterocycles. The Morgan fingerprint density at radius 3 is 2.29 bits per heavy atom. The van der Waals surface area contributed by atoms with Crippen molar-refractivity contribution in [2.45, 2.75) is 21.6 Å². The first kappa shape index (κ1) is 17.9. The first-order chi connectivity index (χ1) is 11.3. The summed E-state index contributed by atoms with van der Waals surface area (Å²) in [5, 5.41) is -0.239. The summed E-state index contributed by atoms with van der Waals surface area (Å²) in [6.07, 6.45) is 0. The number of hydrogen-bond donors (Lipinski definition) is 1. The maximum atomic E-state index is 13.1. The van der Waals surface area contributed by atoms with Gasteiger partial charge < -0.3 is 10.5 Å². The third-order valence-corrected chi connectivity index (χ3v) is 7.49. The predicted molar refractivity (Wildman–Crippen MR) is 98.1 cm³/mol. The summed E-state index contributed by atoms with van der Waals surface area (Å²) in [7, 11) is -2.07. The molecule has 0 radical (unpaired) electrons. The van der Waals surface area contributed by atoms with Gasteiger partial charge in [0, 0.05) is 22.5 Å². The van der Waals surface area contributed by atoms with E-state index in [9.17, 15) is 8.42 Å². The second-order valence-electron chi connectivity index (χ2n) is 5.99. The molecule has 2 N–H and O–H groups in total. The van der Waals surface area contributed by atoms with Gasteiger partial charge in [-0.25, -0.2) is 8.42 Å². The number of ether oxygens (including phenoxy) is 1. The first-order valence-electron chi connectivity index (χ1n) is 7.33. The van der Waals surface area contributed by atoms with Crippen LogP contribution in [0, 0.1) is 0 Å². The van der Waals surface area contributed by atoms with Gasteiger partial charge in [0.1, 0.15) is 0 Å². The van der Waals surface area contributed by atoms with E-state index < -0.39 is 20.6 Å². The highest BCUT2D eigenvalue weighted by atomic mass is 79.9. The Morgan fingerprint density at radius 1 is 1.17 bits per heavy atom. The third kappa shape index (κ3) is 3.02. The lowest BCUT2D eigenvalue weighted by atomic mass is 10.1. The zero-order chi connectivity index (χ0) is 17.5. The number of benzene rings is 2. The van der Waals surface area contributed by atoms with Crippen molar-refractivity contribution in [3.63, 3.8) is 0 Å². The summed E-state index contributed by atoms with van der Waals surface area (Å²) in [6, 6.07) is 13.7. The van der Waals surface area contributed by atoms with Crippen LogP contribution in [0.5, 0.6) is 0 Å². The first-order valence-corrected chi connectivity index (χ1v) is 10.0. The molecular formula is C17H17BrClNO3S. The molecule has 0 unspecified atom stereocenters. The Morgan fingerprint density at radius 2 is 1.75 bits per heavy atom. The van der Waals surface area contributed by atoms with Crippen LogP contribution in [-0.4, -0.2) is 32.9 Å². The van der Waals surface area contributed by atoms with Gasteiger partial charge in [-0.15, -0.1) is 0 Å². The van der Waals surface area contributed by atoms with E-state index >= 15 is 0 Å². The van der Waals surface area contributed by atoms with Crippen LogP contribution in [0.1, 0.15) is 11.5 Å². The molecule has 7 heteroatoms. The fourth-order valence-corrected chi connectivity index (χ4v) is 5.92. The Hall–Kier alpha value is -0.920. The minimum atomic E-state index is -3.60. The van der Waals surface area contributed by atoms with Crippen molar-refractivity contribution in [1.82, 2.24) is 0 Å². The fourth-order valence-electron chi connectivity index (χ4n) is 3.24. The van der Waals surface area contributed by atoms with Crippen molar-refractivity contribution >= 4 is 37.4 Å². The summed E-state index contributed by atoms with van der Waals surface area (Å²) in [6.45, 7) is 0.172. The number of methoxy groups -OCH3 is 1. The summed E-state index contributed by atoms with van der Waals surface area (Å²) >= 11 is 9.24. The summed E-state index contributed by atoms with van der Waals surface area (Å²) in [4.78, 5) is 0.224. The average molecular weight is 431 g/mol. The monoisotopic (exact) mass is 429 g/mol. The van der Waals surface area contributed by atoms with Gasteiger partial charge in [-0.3, -0.25) is 0 Å². The van der Waals surface area contributed by atoms with Crippen LogP contribution in [0.25, 0.3) is 0 Å². The van der Waals surface area contributed by atoms with E-state index in [4.69, 9.17) is 22.1 Å². The van der Waals surface area contributed by atoms with E-state index in [0.29, 0.717) is 5.02 Å². The molecule has 24 heavy (non-hydrogen) atoms.